The van der Waals surface area contributed by atoms with Gasteiger partial charge in [-0.15, -0.1) is 0 Å². The summed E-state index contributed by atoms with van der Waals surface area (Å²) in [5.74, 6) is -0.0547. The number of aromatic nitrogens is 3. The number of methoxy groups -OCH3 is 1. The van der Waals surface area contributed by atoms with Crippen LogP contribution in [0.15, 0.2) is 53.6 Å². The summed E-state index contributed by atoms with van der Waals surface area (Å²) >= 11 is 0. The molecule has 3 N–H and O–H groups in total. The van der Waals surface area contributed by atoms with E-state index >= 15 is 4.39 Å². The molecule has 0 saturated heterocycles. The monoisotopic (exact) mass is 493 g/mol. The number of pyridine rings is 1. The number of rotatable bonds is 7. The Labute approximate surface area is 200 Å². The van der Waals surface area contributed by atoms with Crippen LogP contribution in [0.2, 0.25) is 0 Å². The standard InChI is InChI=1S/C23H20FN7O3S/c1-26-22-16(10-14-12-28-23(27-2)30-21(14)29-22)15-5-4-6-17(20(15)24)31-35(32,33)19-9-13(11-25)7-8-18(19)34-3/h4-10,12,31H,1-3H3,(H2,26,27,28,29,30). The van der Waals surface area contributed by atoms with Gasteiger partial charge in [0.15, 0.2) is 11.5 Å². The number of ether oxygens (including phenoxy) is 1. The molecule has 0 aliphatic carbocycles. The molecule has 0 fully saturated rings. The maximum absolute atomic E-state index is 15.7. The third-order valence-corrected chi connectivity index (χ3v) is 6.53. The van der Waals surface area contributed by atoms with Crippen LogP contribution in [-0.4, -0.2) is 44.6 Å². The zero-order valence-electron chi connectivity index (χ0n) is 18.9. The number of nitrogens with one attached hydrogen (secondary N) is 3. The van der Waals surface area contributed by atoms with Gasteiger partial charge in [0, 0.05) is 36.8 Å². The predicted molar refractivity (Wildman–Crippen MR) is 130 cm³/mol. The van der Waals surface area contributed by atoms with Gasteiger partial charge in [-0.3, -0.25) is 4.72 Å². The fourth-order valence-corrected chi connectivity index (χ4v) is 4.71. The first-order valence-electron chi connectivity index (χ1n) is 10.2. The van der Waals surface area contributed by atoms with Crippen molar-refractivity contribution in [1.82, 2.24) is 15.0 Å². The van der Waals surface area contributed by atoms with Crippen LogP contribution in [0.1, 0.15) is 5.56 Å². The summed E-state index contributed by atoms with van der Waals surface area (Å²) in [5.41, 5.74) is 0.739. The van der Waals surface area contributed by atoms with Crippen molar-refractivity contribution in [2.45, 2.75) is 4.90 Å². The first-order chi connectivity index (χ1) is 16.8. The van der Waals surface area contributed by atoms with E-state index in [0.717, 1.165) is 6.07 Å². The number of fused-ring (bicyclic) bond motifs is 1. The average Bonchev–Trinajstić information content (AvgIpc) is 2.88. The first-order valence-corrected chi connectivity index (χ1v) is 11.7. The second-order valence-corrected chi connectivity index (χ2v) is 8.89. The van der Waals surface area contributed by atoms with E-state index < -0.39 is 15.8 Å². The molecule has 10 nitrogen and oxygen atoms in total. The van der Waals surface area contributed by atoms with Crippen LogP contribution in [0.3, 0.4) is 0 Å². The molecule has 178 valence electrons. The molecule has 12 heteroatoms. The molecule has 4 rings (SSSR count). The van der Waals surface area contributed by atoms with Gasteiger partial charge in [-0.2, -0.15) is 10.2 Å². The second kappa shape index (κ2) is 9.40. The largest absolute Gasteiger partial charge is 0.495 e. The zero-order valence-corrected chi connectivity index (χ0v) is 19.7. The van der Waals surface area contributed by atoms with Crippen molar-refractivity contribution in [2.24, 2.45) is 0 Å². The number of hydrogen-bond donors (Lipinski definition) is 3. The number of sulfonamides is 1. The summed E-state index contributed by atoms with van der Waals surface area (Å²) in [4.78, 5) is 12.6. The normalized spacial score (nSPS) is 11.1. The van der Waals surface area contributed by atoms with E-state index in [1.807, 2.05) is 6.07 Å². The summed E-state index contributed by atoms with van der Waals surface area (Å²) in [6, 6.07) is 11.8. The van der Waals surface area contributed by atoms with E-state index in [0.29, 0.717) is 28.4 Å². The van der Waals surface area contributed by atoms with Gasteiger partial charge in [-0.1, -0.05) is 12.1 Å². The Hall–Kier alpha value is -4.50. The lowest BCUT2D eigenvalue weighted by Gasteiger charge is -2.15. The molecule has 0 spiro atoms. The Morgan fingerprint density at radius 2 is 1.86 bits per heavy atom. The number of nitrogens with zero attached hydrogens (tertiary/aromatic N) is 4. The van der Waals surface area contributed by atoms with Crippen molar-refractivity contribution < 1.29 is 17.5 Å². The smallest absolute Gasteiger partial charge is 0.265 e. The SMILES string of the molecule is CNc1ncc2cc(-c3cccc(NS(=O)(=O)c4cc(C#N)ccc4OC)c3F)c(NC)nc2n1. The van der Waals surface area contributed by atoms with Gasteiger partial charge in [0.2, 0.25) is 5.95 Å². The summed E-state index contributed by atoms with van der Waals surface area (Å²) in [6.45, 7) is 0. The van der Waals surface area contributed by atoms with Crippen molar-refractivity contribution >= 4 is 38.5 Å². The average molecular weight is 494 g/mol. The van der Waals surface area contributed by atoms with E-state index in [4.69, 9.17) is 10.00 Å². The Balaban J connectivity index is 1.80. The van der Waals surface area contributed by atoms with Crippen molar-refractivity contribution in [2.75, 3.05) is 36.6 Å². The molecule has 0 aliphatic rings. The fourth-order valence-electron chi connectivity index (χ4n) is 3.45. The van der Waals surface area contributed by atoms with E-state index in [9.17, 15) is 8.42 Å². The molecular formula is C23H20FN7O3S. The third-order valence-electron chi connectivity index (χ3n) is 5.14. The fraction of sp³-hybridized carbons (Fsp3) is 0.130. The molecule has 4 aromatic rings. The van der Waals surface area contributed by atoms with Gasteiger partial charge >= 0.3 is 0 Å². The quantitative estimate of drug-likeness (QED) is 0.352. The van der Waals surface area contributed by atoms with Gasteiger partial charge in [0.1, 0.15) is 16.5 Å². The topological polar surface area (TPSA) is 142 Å². The van der Waals surface area contributed by atoms with Crippen LogP contribution in [-0.2, 0) is 10.0 Å². The van der Waals surface area contributed by atoms with Crippen molar-refractivity contribution in [3.05, 3.63) is 60.0 Å². The molecule has 2 aromatic carbocycles. The summed E-state index contributed by atoms with van der Waals surface area (Å²) < 4.78 is 49.2. The minimum absolute atomic E-state index is 0.0187. The molecule has 0 radical (unpaired) electrons. The van der Waals surface area contributed by atoms with E-state index in [1.54, 1.807) is 26.4 Å². The van der Waals surface area contributed by atoms with Gasteiger partial charge in [-0.05, 0) is 30.3 Å². The maximum Gasteiger partial charge on any atom is 0.265 e. The lowest BCUT2D eigenvalue weighted by Crippen LogP contribution is -2.15. The van der Waals surface area contributed by atoms with Crippen molar-refractivity contribution in [3.8, 4) is 22.9 Å². The Bertz CT molecular complexity index is 1590. The minimum Gasteiger partial charge on any atom is -0.495 e. The van der Waals surface area contributed by atoms with Crippen LogP contribution in [0.25, 0.3) is 22.2 Å². The van der Waals surface area contributed by atoms with Gasteiger partial charge in [0.05, 0.1) is 24.4 Å². The molecule has 0 atom stereocenters. The number of halogens is 1. The lowest BCUT2D eigenvalue weighted by molar-refractivity contribution is 0.403. The number of benzene rings is 2. The third kappa shape index (κ3) is 4.49. The molecule has 0 aliphatic heterocycles. The summed E-state index contributed by atoms with van der Waals surface area (Å²) in [5, 5.41) is 15.5. The van der Waals surface area contributed by atoms with Gasteiger partial charge in [0.25, 0.3) is 10.0 Å². The highest BCUT2D eigenvalue weighted by molar-refractivity contribution is 7.92. The van der Waals surface area contributed by atoms with Crippen molar-refractivity contribution in [3.63, 3.8) is 0 Å². The summed E-state index contributed by atoms with van der Waals surface area (Å²) in [7, 11) is 0.329. The molecule has 2 aromatic heterocycles. The molecule has 0 amide bonds. The Morgan fingerprint density at radius 3 is 2.54 bits per heavy atom. The van der Waals surface area contributed by atoms with E-state index in [1.165, 1.54) is 37.4 Å². The summed E-state index contributed by atoms with van der Waals surface area (Å²) in [6.07, 6.45) is 1.56. The van der Waals surface area contributed by atoms with E-state index in [2.05, 4.69) is 30.3 Å². The number of anilines is 3. The first kappa shape index (κ1) is 23.7. The van der Waals surface area contributed by atoms with Crippen LogP contribution in [0, 0.1) is 17.1 Å². The molecule has 0 unspecified atom stereocenters. The second-order valence-electron chi connectivity index (χ2n) is 7.24. The predicted octanol–water partition coefficient (Wildman–Crippen LogP) is 3.60. The highest BCUT2D eigenvalue weighted by atomic mass is 32.2. The van der Waals surface area contributed by atoms with Crippen LogP contribution in [0.5, 0.6) is 5.75 Å². The zero-order chi connectivity index (χ0) is 25.2. The number of nitriles is 1. The highest BCUT2D eigenvalue weighted by Gasteiger charge is 2.23. The lowest BCUT2D eigenvalue weighted by atomic mass is 10.0. The van der Waals surface area contributed by atoms with Crippen LogP contribution >= 0.6 is 0 Å². The molecule has 0 saturated carbocycles. The van der Waals surface area contributed by atoms with Gasteiger partial charge < -0.3 is 15.4 Å². The molecule has 2 heterocycles. The Kier molecular flexibility index (Phi) is 6.35. The maximum atomic E-state index is 15.7. The van der Waals surface area contributed by atoms with Crippen LogP contribution < -0.4 is 20.1 Å². The van der Waals surface area contributed by atoms with Crippen LogP contribution in [0.4, 0.5) is 21.8 Å². The number of hydrogen-bond acceptors (Lipinski definition) is 9. The molecule has 0 bridgehead atoms. The molecular weight excluding hydrogens is 473 g/mol. The molecule has 35 heavy (non-hydrogen) atoms. The highest BCUT2D eigenvalue weighted by Crippen LogP contribution is 2.35. The van der Waals surface area contributed by atoms with E-state index in [-0.39, 0.29) is 27.5 Å². The minimum atomic E-state index is -4.29. The van der Waals surface area contributed by atoms with Crippen molar-refractivity contribution in [1.29, 1.82) is 5.26 Å². The van der Waals surface area contributed by atoms with Gasteiger partial charge in [-0.25, -0.2) is 22.8 Å². The Morgan fingerprint density at radius 1 is 1.06 bits per heavy atom.